The smallest absolute Gasteiger partial charge is 0.312 e. The third-order valence-corrected chi connectivity index (χ3v) is 29.9. The predicted octanol–water partition coefficient (Wildman–Crippen LogP) is 24.4. The average molecular weight is 1900 g/mol. The second-order valence-electron chi connectivity index (χ2n) is 45.0. The second kappa shape index (κ2) is 60.6. The molecule has 0 N–H and O–H groups in total. The minimum Gasteiger partial charge on any atom is -0.469 e. The molecule has 780 valence electrons. The van der Waals surface area contributed by atoms with Crippen molar-refractivity contribution in [1.29, 1.82) is 0 Å². The van der Waals surface area contributed by atoms with Crippen molar-refractivity contribution in [2.45, 2.75) is 500 Å². The molecule has 16 atom stereocenters. The van der Waals surface area contributed by atoms with Crippen molar-refractivity contribution in [1.82, 2.24) is 19.6 Å². The number of nitrogens with zero attached hydrogens (tertiary/aromatic N) is 4. The van der Waals surface area contributed by atoms with Gasteiger partial charge in [-0.05, 0) is 290 Å². The molecule has 0 radical (unpaired) electrons. The van der Waals surface area contributed by atoms with Crippen LogP contribution in [0.25, 0.3) is 0 Å². The molecule has 0 bridgehead atoms. The van der Waals surface area contributed by atoms with E-state index in [0.29, 0.717) is 166 Å². The highest BCUT2D eigenvalue weighted by Gasteiger charge is 2.53. The Morgan fingerprint density at radius 1 is 0.276 bits per heavy atom. The second-order valence-corrected chi connectivity index (χ2v) is 45.0. The first kappa shape index (κ1) is 126. The van der Waals surface area contributed by atoms with Gasteiger partial charge in [-0.1, -0.05) is 173 Å². The van der Waals surface area contributed by atoms with Crippen LogP contribution >= 0.6 is 0 Å². The lowest BCUT2D eigenvalue weighted by Gasteiger charge is -2.41. The summed E-state index contributed by atoms with van der Waals surface area (Å²) < 4.78 is 45.3. The fraction of sp³-hybridized carbons (Fsp3) is 0.891. The van der Waals surface area contributed by atoms with E-state index in [9.17, 15) is 57.5 Å². The molecule has 0 saturated carbocycles. The van der Waals surface area contributed by atoms with Crippen molar-refractivity contribution in [3.05, 3.63) is 0 Å². The number of hydrogen-bond donors (Lipinski definition) is 0. The van der Waals surface area contributed by atoms with Crippen LogP contribution in [0.5, 0.6) is 0 Å². The van der Waals surface area contributed by atoms with E-state index >= 15 is 0 Å². The zero-order valence-electron chi connectivity index (χ0n) is 91.5. The Labute approximate surface area is 815 Å². The molecule has 4 fully saturated rings. The summed E-state index contributed by atoms with van der Waals surface area (Å²) in [5, 5.41) is 0. The summed E-state index contributed by atoms with van der Waals surface area (Å²) in [5.74, 6) is -0.234. The van der Waals surface area contributed by atoms with Gasteiger partial charge in [-0.25, -0.2) is 0 Å². The number of methoxy groups -OCH3 is 2. The van der Waals surface area contributed by atoms with Crippen molar-refractivity contribution in [2.24, 2.45) is 67.0 Å². The summed E-state index contributed by atoms with van der Waals surface area (Å²) in [6.45, 7) is 63.9. The number of amides is 4. The van der Waals surface area contributed by atoms with Gasteiger partial charge in [0.25, 0.3) is 0 Å². The van der Waals surface area contributed by atoms with Crippen LogP contribution in [0, 0.1) is 67.0 Å². The number of hydrogen-bond acceptors (Lipinski definition) is 20. The van der Waals surface area contributed by atoms with Gasteiger partial charge in [-0.15, -0.1) is 0 Å². The Kier molecular flexibility index (Phi) is 56.8. The van der Waals surface area contributed by atoms with Gasteiger partial charge >= 0.3 is 47.8 Å². The van der Waals surface area contributed by atoms with Crippen LogP contribution in [0.15, 0.2) is 0 Å². The average Bonchev–Trinajstić information content (AvgIpc) is 1.41. The summed E-state index contributed by atoms with van der Waals surface area (Å²) in [7, 11) is 2.77. The highest BCUT2D eigenvalue weighted by molar-refractivity contribution is 5.85. The van der Waals surface area contributed by atoms with Gasteiger partial charge in [0, 0.05) is 76.0 Å². The number of ether oxygens (including phenoxy) is 8. The molecule has 0 aromatic rings. The monoisotopic (exact) mass is 1900 g/mol. The van der Waals surface area contributed by atoms with Crippen LogP contribution < -0.4 is 0 Å². The quantitative estimate of drug-likeness (QED) is 0.0404. The zero-order chi connectivity index (χ0) is 102. The molecule has 0 aromatic heterocycles. The Morgan fingerprint density at radius 2 is 0.478 bits per heavy atom. The number of carbonyl (C=O) groups excluding carboxylic acids is 12. The van der Waals surface area contributed by atoms with Gasteiger partial charge in [-0.2, -0.15) is 0 Å². The number of rotatable bonds is 56. The fourth-order valence-electron chi connectivity index (χ4n) is 20.3. The molecule has 4 heterocycles. The number of likely N-dealkylation sites (tertiary alicyclic amines) is 4. The van der Waals surface area contributed by atoms with Crippen LogP contribution in [0.3, 0.4) is 0 Å². The molecule has 4 aliphatic rings. The first-order valence-electron chi connectivity index (χ1n) is 53.1. The molecule has 24 nitrogen and oxygen atoms in total. The fourth-order valence-corrected chi connectivity index (χ4v) is 20.3. The van der Waals surface area contributed by atoms with Crippen LogP contribution in [-0.4, -0.2) is 193 Å². The Hall–Kier alpha value is -6.36. The number of unbranched alkanes of at least 4 members (excludes halogenated alkanes) is 4. The van der Waals surface area contributed by atoms with Crippen LogP contribution in [0.4, 0.5) is 0 Å². The van der Waals surface area contributed by atoms with Crippen molar-refractivity contribution in [3.63, 3.8) is 0 Å². The lowest BCUT2D eigenvalue weighted by molar-refractivity contribution is -0.175. The van der Waals surface area contributed by atoms with Gasteiger partial charge < -0.3 is 57.5 Å². The molecule has 4 amide bonds. The zero-order valence-corrected chi connectivity index (χ0v) is 91.5. The van der Waals surface area contributed by atoms with E-state index in [-0.39, 0.29) is 95.6 Å². The summed E-state index contributed by atoms with van der Waals surface area (Å²) in [6, 6.07) is -0.419. The molecule has 16 unspecified atom stereocenters. The third kappa shape index (κ3) is 42.0. The topological polar surface area (TPSA) is 292 Å². The molecule has 4 saturated heterocycles. The molecular formula is C110H200N4O20. The Bertz CT molecular complexity index is 3540. The maximum atomic E-state index is 13.6. The maximum Gasteiger partial charge on any atom is 0.312 e. The lowest BCUT2D eigenvalue weighted by atomic mass is 9.68. The van der Waals surface area contributed by atoms with E-state index in [2.05, 4.69) is 55.4 Å². The van der Waals surface area contributed by atoms with Crippen LogP contribution in [0.2, 0.25) is 0 Å². The summed E-state index contributed by atoms with van der Waals surface area (Å²) in [4.78, 5) is 163. The third-order valence-electron chi connectivity index (χ3n) is 29.9. The molecular weight excluding hydrogens is 1700 g/mol. The normalized spacial score (nSPS) is 20.0. The maximum absolute atomic E-state index is 13.6. The highest BCUT2D eigenvalue weighted by Crippen LogP contribution is 2.49. The highest BCUT2D eigenvalue weighted by atomic mass is 16.6. The minimum absolute atomic E-state index is 0.0882. The number of carbonyl (C=O) groups is 12. The molecule has 4 rings (SSSR count). The van der Waals surface area contributed by atoms with Gasteiger partial charge in [-0.3, -0.25) is 57.5 Å². The van der Waals surface area contributed by atoms with E-state index in [4.69, 9.17) is 37.9 Å². The standard InChI is InChI=1S/C30H55NO5.C28H51NO5.C27H49NO5.C25H45NO5/c1-10-13-17-24(11-2)21-35-26(33)29(8,12-3)22-30(9,27(34)36-28(5,6)7)20-23(4)31-19-16-14-15-18-25(31)32;1-10-13-15-22(11-2)19-33-24(31)27(8,12-3)20-28(9,25(32)34-26(5,6)7)18-21(4)29-17-14-16-23(29)30;1-8-11-15-22(9-2)19-33-25(31)26(5,10-3)20-27(6,24(30)32-7)18-21(4)28-17-14-12-13-16-23(28)29;1-8-11-13-20(9-2)17-31-23(29)24(5,10-3)18-25(6,22(28)30-7)16-19(4)26-15-12-14-21(26)27/h23-24H,10-22H2,1-9H3;21-22H,10-20H2,1-9H3;21-22H,8-20H2,1-7H3;19-20H,8-18H2,1-7H3. The molecule has 4 aliphatic heterocycles. The summed E-state index contributed by atoms with van der Waals surface area (Å²) in [6.07, 6.45) is 32.5. The van der Waals surface area contributed by atoms with Crippen LogP contribution in [0.1, 0.15) is 465 Å². The number of esters is 8. The molecule has 134 heavy (non-hydrogen) atoms. The van der Waals surface area contributed by atoms with Crippen molar-refractivity contribution in [3.8, 4) is 0 Å². The van der Waals surface area contributed by atoms with E-state index in [0.717, 1.165) is 167 Å². The molecule has 0 aliphatic carbocycles. The van der Waals surface area contributed by atoms with Gasteiger partial charge in [0.1, 0.15) is 11.2 Å². The van der Waals surface area contributed by atoms with E-state index in [1.54, 1.807) is 0 Å². The van der Waals surface area contributed by atoms with E-state index in [1.165, 1.54) is 14.2 Å². The van der Waals surface area contributed by atoms with Crippen LogP contribution in [-0.2, 0) is 95.4 Å². The molecule has 24 heteroatoms. The molecule has 0 aromatic carbocycles. The predicted molar refractivity (Wildman–Crippen MR) is 536 cm³/mol. The SMILES string of the molecule is CCCCC(CC)COC(=O)C(C)(CC)CC(C)(CC(C)N1CCCC1=O)C(=O)OC.CCCCC(CC)COC(=O)C(C)(CC)CC(C)(CC(C)N1CCCC1=O)C(=O)OC(C)(C)C.CCCCC(CC)COC(=O)C(C)(CC)CC(C)(CC(C)N1CCCCCC1=O)C(=O)OC.CCCCC(CC)COC(=O)C(C)(CC)CC(C)(CC(C)N1CCCCCC1=O)C(=O)OC(C)(C)C. The van der Waals surface area contributed by atoms with Gasteiger partial charge in [0.05, 0.1) is 84.0 Å². The minimum atomic E-state index is -0.935. The van der Waals surface area contributed by atoms with Gasteiger partial charge in [0.15, 0.2) is 0 Å². The van der Waals surface area contributed by atoms with E-state index in [1.807, 2.05) is 172 Å². The van der Waals surface area contributed by atoms with E-state index < -0.39 is 54.5 Å². The Balaban J connectivity index is 0.000000894. The van der Waals surface area contributed by atoms with Gasteiger partial charge in [0.2, 0.25) is 23.6 Å². The summed E-state index contributed by atoms with van der Waals surface area (Å²) >= 11 is 0. The molecule has 0 spiro atoms. The lowest BCUT2D eigenvalue weighted by Crippen LogP contribution is -2.47. The first-order chi connectivity index (χ1) is 62.5. The summed E-state index contributed by atoms with van der Waals surface area (Å²) in [5.41, 5.74) is -8.14. The van der Waals surface area contributed by atoms with Crippen molar-refractivity contribution < 1.29 is 95.4 Å². The first-order valence-corrected chi connectivity index (χ1v) is 53.1. The Morgan fingerprint density at radius 3 is 0.657 bits per heavy atom. The van der Waals surface area contributed by atoms with Crippen molar-refractivity contribution in [2.75, 3.05) is 66.8 Å². The largest absolute Gasteiger partial charge is 0.469 e. The van der Waals surface area contributed by atoms with Crippen molar-refractivity contribution >= 4 is 71.4 Å².